The Morgan fingerprint density at radius 3 is 0.836 bits per heavy atom. The molecular weight excluding hydrogens is 977 g/mol. The predicted octanol–water partition coefficient (Wildman–Crippen LogP) is 19.5. The minimum absolute atomic E-state index is 1.26. The minimum atomic E-state index is 1.26. The molecule has 0 fully saturated rings. The maximum Gasteiger partial charge on any atom is 0.213 e. The molecule has 0 saturated carbocycles. The molecule has 8 aromatic heterocycles. The number of nitrogens with one attached hydrogen (secondary N) is 2. The number of aromatic nitrogens is 16. The van der Waals surface area contributed by atoms with E-state index in [9.17, 15) is 0 Å². The zero-order valence-electron chi connectivity index (χ0n) is 52.8. The van der Waals surface area contributed by atoms with Crippen LogP contribution in [0.2, 0.25) is 0 Å². The van der Waals surface area contributed by atoms with Crippen LogP contribution in [0.3, 0.4) is 0 Å². The molecule has 8 heterocycles. The molecule has 0 bridgehead atoms. The summed E-state index contributed by atoms with van der Waals surface area (Å²) in [4.78, 5) is 21.7. The second kappa shape index (κ2) is 226. The summed E-state index contributed by atoms with van der Waals surface area (Å²) < 4.78 is 12.2. The van der Waals surface area contributed by atoms with Crippen LogP contribution >= 0.6 is 34.2 Å². The number of hydrogen-bond acceptors (Lipinski definition) is 19. The van der Waals surface area contributed by atoms with Crippen molar-refractivity contribution in [3.63, 3.8) is 0 Å². The van der Waals surface area contributed by atoms with Gasteiger partial charge >= 0.3 is 0 Å². The highest BCUT2D eigenvalue weighted by atomic mass is 32.1. The second-order valence-electron chi connectivity index (χ2n) is 5.32. The smallest absolute Gasteiger partial charge is 0.213 e. The average Bonchev–Trinajstić information content (AvgIpc) is 4.40. The molecular formula is C52H118N16O2S3. The third-order valence-corrected chi connectivity index (χ3v) is 4.09. The predicted molar refractivity (Wildman–Crippen MR) is 329 cm³/mol. The van der Waals surface area contributed by atoms with Crippen LogP contribution in [0.5, 0.6) is 0 Å². The summed E-state index contributed by atoms with van der Waals surface area (Å²) in [6.45, 7) is 64.0. The third kappa shape index (κ3) is 220. The van der Waals surface area contributed by atoms with E-state index in [1.807, 2.05) is 245 Å². The Bertz CT molecular complexity index is 939. The van der Waals surface area contributed by atoms with Crippen LogP contribution in [-0.4, -0.2) is 80.2 Å². The summed E-state index contributed by atoms with van der Waals surface area (Å²) in [7, 11) is 0. The molecule has 0 radical (unpaired) electrons. The van der Waals surface area contributed by atoms with E-state index in [1.54, 1.807) is 52.0 Å². The number of H-pyrrole nitrogens is 2. The van der Waals surface area contributed by atoms with Gasteiger partial charge in [0.2, 0.25) is 19.2 Å². The van der Waals surface area contributed by atoms with Crippen LogP contribution in [0.1, 0.15) is 222 Å². The van der Waals surface area contributed by atoms with Gasteiger partial charge in [-0.05, 0) is 23.7 Å². The molecule has 436 valence electrons. The molecule has 0 atom stereocenters. The Hall–Kier alpha value is -5.54. The first-order valence-electron chi connectivity index (χ1n) is 26.5. The summed E-state index contributed by atoms with van der Waals surface area (Å²) in [6, 6.07) is 5.72. The Labute approximate surface area is 464 Å². The van der Waals surface area contributed by atoms with E-state index >= 15 is 0 Å². The lowest BCUT2D eigenvalue weighted by Gasteiger charge is -1.70. The van der Waals surface area contributed by atoms with Gasteiger partial charge in [-0.2, -0.15) is 14.6 Å². The standard InChI is InChI=1S/C5H5N.C3H3NS.2C2H3N3.2C2H2N2O.2C2H2N2S.16C2H6/c1-2-4-6-5-3-1;1-2-5-3-4-1;2*1-3-2-5-4-1;1-3-4-2-5-1;1-3-2-5-4-1;1-3-4-2-5-1;1-3-2-5-4-1;16*1-2/h1-5H;1-3H;2*1-2H,(H,3,4,5);4*1-2H;16*1-2H3. The van der Waals surface area contributed by atoms with Crippen molar-refractivity contribution in [2.75, 3.05) is 0 Å². The fraction of sp³-hybridized carbons (Fsp3) is 0.615. The molecule has 0 saturated heterocycles. The highest BCUT2D eigenvalue weighted by Gasteiger charge is 1.63. The van der Waals surface area contributed by atoms with Crippen molar-refractivity contribution in [1.82, 2.24) is 80.2 Å². The topological polar surface area (TPSA) is 238 Å². The van der Waals surface area contributed by atoms with Crippen LogP contribution in [0.15, 0.2) is 130 Å². The van der Waals surface area contributed by atoms with Crippen LogP contribution in [0.25, 0.3) is 0 Å². The lowest BCUT2D eigenvalue weighted by atomic mass is 10.5. The summed E-state index contributed by atoms with van der Waals surface area (Å²) >= 11 is 4.44. The lowest BCUT2D eigenvalue weighted by Crippen LogP contribution is -1.58. The van der Waals surface area contributed by atoms with Crippen molar-refractivity contribution < 1.29 is 8.94 Å². The van der Waals surface area contributed by atoms with Gasteiger partial charge < -0.3 is 8.94 Å². The number of hydrogen-bond donors (Lipinski definition) is 2. The number of aromatic amines is 2. The van der Waals surface area contributed by atoms with Crippen molar-refractivity contribution in [2.24, 2.45) is 0 Å². The quantitative estimate of drug-likeness (QED) is 0.143. The number of nitrogens with zero attached hydrogens (tertiary/aromatic N) is 14. The molecule has 18 nitrogen and oxygen atoms in total. The van der Waals surface area contributed by atoms with Gasteiger partial charge in [-0.1, -0.05) is 233 Å². The molecule has 0 aliphatic heterocycles. The van der Waals surface area contributed by atoms with Crippen molar-refractivity contribution >= 4 is 34.2 Å². The maximum absolute atomic E-state index is 4.36. The number of pyridine rings is 1. The van der Waals surface area contributed by atoms with E-state index in [0.717, 1.165) is 0 Å². The molecule has 0 spiro atoms. The van der Waals surface area contributed by atoms with Crippen molar-refractivity contribution in [3.8, 4) is 0 Å². The third-order valence-electron chi connectivity index (χ3n) is 2.71. The number of rotatable bonds is 0. The van der Waals surface area contributed by atoms with Gasteiger partial charge in [-0.15, -0.1) is 43.1 Å². The molecule has 0 amide bonds. The van der Waals surface area contributed by atoms with Gasteiger partial charge in [0.15, 0.2) is 6.33 Å². The molecule has 21 heteroatoms. The highest BCUT2D eigenvalue weighted by molar-refractivity contribution is 7.07. The first kappa shape index (κ1) is 113. The second-order valence-corrected chi connectivity index (χ2v) is 7.40. The SMILES string of the molecule is CC.CC.CC.CC.CC.CC.CC.CC.CC.CC.CC.CC.CC.CC.CC.CC.c1ccncc1.c1cscn1.c1nc[nH]n1.c1nc[nH]n1.c1ncon1.c1ncsn1.c1nnco1.c1nncs1. The summed E-state index contributed by atoms with van der Waals surface area (Å²) in [5.41, 5.74) is 6.83. The molecule has 73 heavy (non-hydrogen) atoms. The van der Waals surface area contributed by atoms with Crippen molar-refractivity contribution in [2.45, 2.75) is 222 Å². The first-order chi connectivity index (χ1) is 36.5. The minimum Gasteiger partial charge on any atom is -0.431 e. The van der Waals surface area contributed by atoms with Gasteiger partial charge in [0.1, 0.15) is 48.2 Å². The Morgan fingerprint density at radius 1 is 0.329 bits per heavy atom. The largest absolute Gasteiger partial charge is 0.431 e. The van der Waals surface area contributed by atoms with Gasteiger partial charge in [0, 0.05) is 24.0 Å². The fourth-order valence-electron chi connectivity index (χ4n) is 1.37. The fourth-order valence-corrected chi connectivity index (χ4v) is 2.26. The van der Waals surface area contributed by atoms with Crippen LogP contribution < -0.4 is 0 Å². The van der Waals surface area contributed by atoms with E-state index in [1.165, 1.54) is 80.0 Å². The number of thiazole rings is 1. The first-order valence-corrected chi connectivity index (χ1v) is 29.2. The molecule has 0 aliphatic rings. The molecule has 0 unspecified atom stereocenters. The molecule has 8 rings (SSSR count). The van der Waals surface area contributed by atoms with Crippen LogP contribution in [-0.2, 0) is 0 Å². The highest BCUT2D eigenvalue weighted by Crippen LogP contribution is 1.86. The molecule has 8 aromatic rings. The van der Waals surface area contributed by atoms with Crippen molar-refractivity contribution in [1.29, 1.82) is 0 Å². The van der Waals surface area contributed by atoms with E-state index in [-0.39, 0.29) is 0 Å². The lowest BCUT2D eigenvalue weighted by molar-refractivity contribution is 0.416. The van der Waals surface area contributed by atoms with Gasteiger partial charge in [-0.3, -0.25) is 20.2 Å². The monoisotopic (exact) mass is 1090 g/mol. The van der Waals surface area contributed by atoms with E-state index < -0.39 is 0 Å². The van der Waals surface area contributed by atoms with Crippen molar-refractivity contribution in [3.05, 3.63) is 121 Å². The van der Waals surface area contributed by atoms with Gasteiger partial charge in [0.25, 0.3) is 0 Å². The summed E-state index contributed by atoms with van der Waals surface area (Å²) in [6.07, 6.45) is 17.8. The normalized spacial score (nSPS) is 5.81. The Morgan fingerprint density at radius 2 is 0.740 bits per heavy atom. The molecule has 0 aromatic carbocycles. The summed E-state index contributed by atoms with van der Waals surface area (Å²) in [5.74, 6) is 0. The maximum atomic E-state index is 4.36. The van der Waals surface area contributed by atoms with E-state index in [2.05, 4.69) is 89.2 Å². The molecule has 2 N–H and O–H groups in total. The van der Waals surface area contributed by atoms with E-state index in [0.29, 0.717) is 0 Å². The zero-order chi connectivity index (χ0) is 61.0. The average molecular weight is 1100 g/mol. The van der Waals surface area contributed by atoms with Crippen LogP contribution in [0, 0.1) is 0 Å². The zero-order valence-corrected chi connectivity index (χ0v) is 55.3. The van der Waals surface area contributed by atoms with Gasteiger partial charge in [0.05, 0.1) is 5.51 Å². The Balaban J connectivity index is -0.0000000338. The van der Waals surface area contributed by atoms with E-state index in [4.69, 9.17) is 0 Å². The summed E-state index contributed by atoms with van der Waals surface area (Å²) in [5, 5.41) is 30.7. The van der Waals surface area contributed by atoms with Crippen LogP contribution in [0.4, 0.5) is 0 Å². The Kier molecular flexibility index (Phi) is 349. The van der Waals surface area contributed by atoms with Gasteiger partial charge in [-0.25, -0.2) is 19.9 Å². The molecule has 0 aliphatic carbocycles.